The van der Waals surface area contributed by atoms with Gasteiger partial charge in [0.15, 0.2) is 0 Å². The molecule has 4 heteroatoms. The third-order valence-electron chi connectivity index (χ3n) is 1.52. The van der Waals surface area contributed by atoms with Crippen LogP contribution in [0.1, 0.15) is 25.3 Å². The van der Waals surface area contributed by atoms with E-state index in [1.54, 1.807) is 0 Å². The molecular weight excluding hydrogens is 134 g/mol. The minimum absolute atomic E-state index is 0.274. The summed E-state index contributed by atoms with van der Waals surface area (Å²) in [5, 5.41) is 0. The van der Waals surface area contributed by atoms with Crippen molar-refractivity contribution in [1.82, 2.24) is 9.97 Å². The van der Waals surface area contributed by atoms with Gasteiger partial charge in [-0.15, -0.1) is 0 Å². The highest BCUT2D eigenvalue weighted by atomic mass is 14.8. The summed E-state index contributed by atoms with van der Waals surface area (Å²) in [5.41, 5.74) is 1.80. The van der Waals surface area contributed by atoms with Gasteiger partial charge in [0.2, 0.25) is 0 Å². The van der Waals surface area contributed by atoms with E-state index >= 15 is 0 Å². The molecule has 0 amide bonds. The Morgan fingerprint density at radius 2 is 1.64 bits per heavy atom. The van der Waals surface area contributed by atoms with Gasteiger partial charge in [-0.2, -0.15) is 0 Å². The van der Waals surface area contributed by atoms with Crippen LogP contribution in [0.4, 0.5) is 0 Å². The Hall–Kier alpha value is -0.790. The Morgan fingerprint density at radius 1 is 1.18 bits per heavy atom. The van der Waals surface area contributed by atoms with Gasteiger partial charge in [0.1, 0.15) is 22.0 Å². The van der Waals surface area contributed by atoms with Crippen LogP contribution in [0.5, 0.6) is 0 Å². The highest BCUT2D eigenvalue weighted by molar-refractivity contribution is 6.37. The first kappa shape index (κ1) is 8.31. The third-order valence-corrected chi connectivity index (χ3v) is 1.52. The normalized spacial score (nSPS) is 10.5. The average Bonchev–Trinajstić information content (AvgIpc) is 1.85. The van der Waals surface area contributed by atoms with Crippen molar-refractivity contribution in [1.29, 1.82) is 0 Å². The number of rotatable bonds is 1. The molecular formula is C7H8B2N2. The molecule has 52 valence electrons. The first-order valence-corrected chi connectivity index (χ1v) is 3.48. The number of aromatic nitrogens is 2. The van der Waals surface area contributed by atoms with Crippen molar-refractivity contribution in [2.45, 2.75) is 19.8 Å². The van der Waals surface area contributed by atoms with E-state index in [-0.39, 0.29) is 5.92 Å². The highest BCUT2D eigenvalue weighted by Crippen LogP contribution is 2.05. The number of hydrogen-bond donors (Lipinski definition) is 0. The van der Waals surface area contributed by atoms with Gasteiger partial charge in [-0.05, 0) is 22.7 Å². The molecule has 1 aromatic heterocycles. The van der Waals surface area contributed by atoms with E-state index in [0.29, 0.717) is 11.2 Å². The van der Waals surface area contributed by atoms with Crippen LogP contribution in [0.15, 0.2) is 6.33 Å². The molecule has 0 saturated carbocycles. The van der Waals surface area contributed by atoms with E-state index in [4.69, 9.17) is 15.7 Å². The van der Waals surface area contributed by atoms with Gasteiger partial charge in [0, 0.05) is 0 Å². The molecule has 11 heavy (non-hydrogen) atoms. The molecule has 0 unspecified atom stereocenters. The van der Waals surface area contributed by atoms with Crippen molar-refractivity contribution in [3.8, 4) is 0 Å². The lowest BCUT2D eigenvalue weighted by molar-refractivity contribution is 0.867. The van der Waals surface area contributed by atoms with Crippen LogP contribution in [0, 0.1) is 0 Å². The quantitative estimate of drug-likeness (QED) is 0.479. The van der Waals surface area contributed by atoms with Crippen LogP contribution < -0.4 is 11.2 Å². The van der Waals surface area contributed by atoms with Crippen LogP contribution in [-0.2, 0) is 0 Å². The fourth-order valence-corrected chi connectivity index (χ4v) is 1.02. The van der Waals surface area contributed by atoms with Crippen molar-refractivity contribution in [2.75, 3.05) is 0 Å². The number of nitrogens with zero attached hydrogens (tertiary/aromatic N) is 2. The van der Waals surface area contributed by atoms with Crippen molar-refractivity contribution in [2.24, 2.45) is 0 Å². The zero-order valence-electron chi connectivity index (χ0n) is 6.70. The highest BCUT2D eigenvalue weighted by Gasteiger charge is 2.06. The van der Waals surface area contributed by atoms with Gasteiger partial charge in [0.05, 0.1) is 0 Å². The van der Waals surface area contributed by atoms with Crippen LogP contribution in [0.3, 0.4) is 0 Å². The van der Waals surface area contributed by atoms with E-state index in [1.165, 1.54) is 6.33 Å². The zero-order valence-corrected chi connectivity index (χ0v) is 6.70. The lowest BCUT2D eigenvalue weighted by Gasteiger charge is -2.11. The maximum Gasteiger partial charge on any atom is 0.142 e. The summed E-state index contributed by atoms with van der Waals surface area (Å²) in [6.45, 7) is 4.01. The fourth-order valence-electron chi connectivity index (χ4n) is 1.02. The maximum atomic E-state index is 5.59. The Labute approximate surface area is 69.3 Å². The first-order valence-electron chi connectivity index (χ1n) is 3.48. The first-order chi connectivity index (χ1) is 5.13. The SMILES string of the molecule is [B]c1ncnc([B])c1C(C)C. The molecule has 0 saturated heterocycles. The molecule has 0 N–H and O–H groups in total. The molecule has 0 aromatic carbocycles. The Bertz CT molecular complexity index is 240. The predicted molar refractivity (Wildman–Crippen MR) is 46.9 cm³/mol. The Kier molecular flexibility index (Phi) is 2.32. The molecule has 0 atom stereocenters. The summed E-state index contributed by atoms with van der Waals surface area (Å²) in [6.07, 6.45) is 1.37. The van der Waals surface area contributed by atoms with E-state index in [2.05, 4.69) is 9.97 Å². The Morgan fingerprint density at radius 3 is 1.91 bits per heavy atom. The van der Waals surface area contributed by atoms with E-state index in [1.807, 2.05) is 13.8 Å². The van der Waals surface area contributed by atoms with Gasteiger partial charge in [0.25, 0.3) is 0 Å². The van der Waals surface area contributed by atoms with E-state index in [0.717, 1.165) is 5.56 Å². The minimum atomic E-state index is 0.274. The van der Waals surface area contributed by atoms with Crippen LogP contribution >= 0.6 is 0 Å². The van der Waals surface area contributed by atoms with Crippen LogP contribution in [0.2, 0.25) is 0 Å². The summed E-state index contributed by atoms with van der Waals surface area (Å²) in [6, 6.07) is 0. The third kappa shape index (κ3) is 1.62. The smallest absolute Gasteiger partial charge is 0.142 e. The molecule has 1 aromatic rings. The van der Waals surface area contributed by atoms with Gasteiger partial charge < -0.3 is 0 Å². The monoisotopic (exact) mass is 142 g/mol. The lowest BCUT2D eigenvalue weighted by Crippen LogP contribution is -2.28. The van der Waals surface area contributed by atoms with Crippen molar-refractivity contribution in [3.63, 3.8) is 0 Å². The summed E-state index contributed by atoms with van der Waals surface area (Å²) in [7, 11) is 11.2. The molecule has 0 aliphatic rings. The maximum absolute atomic E-state index is 5.59. The van der Waals surface area contributed by atoms with Crippen molar-refractivity contribution >= 4 is 26.9 Å². The van der Waals surface area contributed by atoms with Crippen LogP contribution in [0.25, 0.3) is 0 Å². The molecule has 0 aliphatic heterocycles. The Balaban J connectivity index is 3.21. The standard InChI is InChI=1S/C7H8B2N2/c1-4(2)5-6(8)10-3-11-7(5)9/h3-4H,1-2H3. The van der Waals surface area contributed by atoms with Crippen molar-refractivity contribution < 1.29 is 0 Å². The predicted octanol–water partition coefficient (Wildman–Crippen LogP) is -0.812. The molecule has 0 aliphatic carbocycles. The second-order valence-corrected chi connectivity index (χ2v) is 2.71. The second kappa shape index (κ2) is 3.07. The minimum Gasteiger partial charge on any atom is -0.253 e. The fraction of sp³-hybridized carbons (Fsp3) is 0.429. The molecule has 2 nitrogen and oxygen atoms in total. The topological polar surface area (TPSA) is 25.8 Å². The molecule has 1 heterocycles. The van der Waals surface area contributed by atoms with Gasteiger partial charge in [-0.1, -0.05) is 13.8 Å². The van der Waals surface area contributed by atoms with E-state index in [9.17, 15) is 0 Å². The number of hydrogen-bond acceptors (Lipinski definition) is 2. The summed E-state index contributed by atoms with van der Waals surface area (Å²) >= 11 is 0. The molecule has 1 rings (SSSR count). The van der Waals surface area contributed by atoms with Gasteiger partial charge in [-0.3, -0.25) is 9.97 Å². The molecule has 0 bridgehead atoms. The average molecular weight is 142 g/mol. The van der Waals surface area contributed by atoms with Crippen LogP contribution in [-0.4, -0.2) is 25.7 Å². The largest absolute Gasteiger partial charge is 0.253 e. The second-order valence-electron chi connectivity index (χ2n) is 2.71. The summed E-state index contributed by atoms with van der Waals surface area (Å²) < 4.78 is 0. The van der Waals surface area contributed by atoms with Crippen molar-refractivity contribution in [3.05, 3.63) is 11.9 Å². The molecule has 0 spiro atoms. The van der Waals surface area contributed by atoms with Gasteiger partial charge >= 0.3 is 0 Å². The summed E-state index contributed by atoms with van der Waals surface area (Å²) in [4.78, 5) is 7.70. The molecule has 0 fully saturated rings. The molecule has 4 radical (unpaired) electrons. The summed E-state index contributed by atoms with van der Waals surface area (Å²) in [5.74, 6) is 0.274. The van der Waals surface area contributed by atoms with Gasteiger partial charge in [-0.25, -0.2) is 0 Å². The van der Waals surface area contributed by atoms with E-state index < -0.39 is 0 Å². The zero-order chi connectivity index (χ0) is 8.43. The lowest BCUT2D eigenvalue weighted by atomic mass is 9.84.